The van der Waals surface area contributed by atoms with Crippen LogP contribution < -0.4 is 0 Å². The third-order valence-electron chi connectivity index (χ3n) is 0.658. The van der Waals surface area contributed by atoms with E-state index in [1.54, 1.807) is 0 Å². The van der Waals surface area contributed by atoms with Gasteiger partial charge in [0.1, 0.15) is 6.10 Å². The molecule has 2 heteroatoms. The van der Waals surface area contributed by atoms with Crippen molar-refractivity contribution in [1.82, 2.24) is 0 Å². The van der Waals surface area contributed by atoms with Crippen LogP contribution in [0.1, 0.15) is 6.42 Å². The molecule has 1 rings (SSSR count). The zero-order valence-electron chi connectivity index (χ0n) is 2.65. The molecule has 0 bridgehead atoms. The summed E-state index contributed by atoms with van der Waals surface area (Å²) in [5.41, 5.74) is 0. The Hall–Kier alpha value is 0.440. The van der Waals surface area contributed by atoms with Crippen molar-refractivity contribution in [2.45, 2.75) is 17.4 Å². The van der Waals surface area contributed by atoms with E-state index in [2.05, 4.69) is 15.9 Å². The van der Waals surface area contributed by atoms with Crippen molar-refractivity contribution in [3.05, 3.63) is 0 Å². The highest BCUT2D eigenvalue weighted by molar-refractivity contribution is 9.09. The molecular formula is C3H4BrO. The van der Waals surface area contributed by atoms with Crippen molar-refractivity contribution in [3.63, 3.8) is 0 Å². The van der Waals surface area contributed by atoms with Crippen molar-refractivity contribution in [3.8, 4) is 0 Å². The first-order valence-corrected chi connectivity index (χ1v) is 2.52. The predicted octanol–water partition coefficient (Wildman–Crippen LogP) is 0.953. The standard InChI is InChI=1S/C3H4BrO/c4-2-1-3(2)5/h2-3H,1H2. The SMILES string of the molecule is [O]C1CC1Br. The van der Waals surface area contributed by atoms with Crippen LogP contribution in [0.5, 0.6) is 0 Å². The van der Waals surface area contributed by atoms with Gasteiger partial charge in [-0.05, 0) is 6.42 Å². The summed E-state index contributed by atoms with van der Waals surface area (Å²) in [6.45, 7) is 0. The molecule has 0 aromatic heterocycles. The smallest absolute Gasteiger partial charge is 0.107 e. The minimum absolute atomic E-state index is 0.282. The maximum Gasteiger partial charge on any atom is 0.107 e. The normalized spacial score (nSPS) is 49.2. The number of alkyl halides is 1. The van der Waals surface area contributed by atoms with Crippen molar-refractivity contribution in [2.75, 3.05) is 0 Å². The average molecular weight is 136 g/mol. The van der Waals surface area contributed by atoms with Crippen molar-refractivity contribution >= 4 is 15.9 Å². The van der Waals surface area contributed by atoms with E-state index in [0.717, 1.165) is 6.42 Å². The van der Waals surface area contributed by atoms with Crippen LogP contribution in [0.4, 0.5) is 0 Å². The second kappa shape index (κ2) is 0.949. The molecule has 0 amide bonds. The molecule has 0 spiro atoms. The van der Waals surface area contributed by atoms with E-state index in [-0.39, 0.29) is 6.10 Å². The van der Waals surface area contributed by atoms with Gasteiger partial charge in [-0.1, -0.05) is 15.9 Å². The van der Waals surface area contributed by atoms with Crippen LogP contribution in [-0.2, 0) is 5.11 Å². The highest BCUT2D eigenvalue weighted by atomic mass is 79.9. The fraction of sp³-hybridized carbons (Fsp3) is 1.00. The molecular weight excluding hydrogens is 132 g/mol. The van der Waals surface area contributed by atoms with Crippen molar-refractivity contribution in [1.29, 1.82) is 0 Å². The minimum atomic E-state index is -0.282. The second-order valence-electron chi connectivity index (χ2n) is 1.29. The number of rotatable bonds is 0. The molecule has 1 saturated carbocycles. The lowest BCUT2D eigenvalue weighted by Crippen LogP contribution is -1.72. The number of hydrogen-bond donors (Lipinski definition) is 0. The Labute approximate surface area is 39.1 Å². The molecule has 0 saturated heterocycles. The first-order valence-electron chi connectivity index (χ1n) is 1.60. The van der Waals surface area contributed by atoms with Crippen LogP contribution in [0, 0.1) is 0 Å². The maximum atomic E-state index is 9.92. The highest BCUT2D eigenvalue weighted by Gasteiger charge is 2.33. The Bertz CT molecular complexity index is 40.2. The average Bonchev–Trinajstić information content (AvgIpc) is 1.79. The number of hydrogen-bond acceptors (Lipinski definition) is 0. The summed E-state index contributed by atoms with van der Waals surface area (Å²) >= 11 is 3.13. The molecule has 29 valence electrons. The summed E-state index contributed by atoms with van der Waals surface area (Å²) in [4.78, 5) is 0.308. The highest BCUT2D eigenvalue weighted by Crippen LogP contribution is 2.29. The van der Waals surface area contributed by atoms with E-state index in [1.807, 2.05) is 0 Å². The van der Waals surface area contributed by atoms with Gasteiger partial charge in [-0.15, -0.1) is 0 Å². The van der Waals surface area contributed by atoms with Gasteiger partial charge < -0.3 is 0 Å². The summed E-state index contributed by atoms with van der Waals surface area (Å²) in [6, 6.07) is 0. The molecule has 2 atom stereocenters. The largest absolute Gasteiger partial charge is 0.232 e. The predicted molar refractivity (Wildman–Crippen MR) is 21.8 cm³/mol. The van der Waals surface area contributed by atoms with E-state index < -0.39 is 0 Å². The zero-order chi connectivity index (χ0) is 3.86. The van der Waals surface area contributed by atoms with Gasteiger partial charge >= 0.3 is 0 Å². The van der Waals surface area contributed by atoms with Crippen LogP contribution >= 0.6 is 15.9 Å². The third kappa shape index (κ3) is 0.637. The summed E-state index contributed by atoms with van der Waals surface area (Å²) in [7, 11) is 0. The number of halogens is 1. The third-order valence-corrected chi connectivity index (χ3v) is 1.62. The molecule has 0 aromatic carbocycles. The van der Waals surface area contributed by atoms with E-state index >= 15 is 0 Å². The Morgan fingerprint density at radius 1 is 1.80 bits per heavy atom. The first kappa shape index (κ1) is 3.62. The zero-order valence-corrected chi connectivity index (χ0v) is 4.23. The fourth-order valence-electron chi connectivity index (χ4n) is 0.143. The van der Waals surface area contributed by atoms with Crippen LogP contribution in [0.2, 0.25) is 0 Å². The van der Waals surface area contributed by atoms with Gasteiger partial charge in [0, 0.05) is 4.83 Å². The van der Waals surface area contributed by atoms with Crippen LogP contribution in [0.25, 0.3) is 0 Å². The first-order chi connectivity index (χ1) is 2.30. The quantitative estimate of drug-likeness (QED) is 0.442. The molecule has 0 N–H and O–H groups in total. The molecule has 2 unspecified atom stereocenters. The fourth-order valence-corrected chi connectivity index (χ4v) is 0.512. The summed E-state index contributed by atoms with van der Waals surface area (Å²) < 4.78 is 0. The van der Waals surface area contributed by atoms with E-state index in [4.69, 9.17) is 0 Å². The molecule has 1 aliphatic carbocycles. The topological polar surface area (TPSA) is 19.9 Å². The van der Waals surface area contributed by atoms with Gasteiger partial charge in [-0.2, -0.15) is 0 Å². The Kier molecular flexibility index (Phi) is 0.688. The van der Waals surface area contributed by atoms with Gasteiger partial charge in [-0.25, -0.2) is 5.11 Å². The van der Waals surface area contributed by atoms with Gasteiger partial charge in [0.2, 0.25) is 0 Å². The molecule has 0 aliphatic heterocycles. The summed E-state index contributed by atoms with van der Waals surface area (Å²) in [5.74, 6) is 0. The van der Waals surface area contributed by atoms with Crippen LogP contribution in [0.15, 0.2) is 0 Å². The molecule has 5 heavy (non-hydrogen) atoms. The second-order valence-corrected chi connectivity index (χ2v) is 2.47. The van der Waals surface area contributed by atoms with Crippen molar-refractivity contribution < 1.29 is 5.11 Å². The monoisotopic (exact) mass is 135 g/mol. The van der Waals surface area contributed by atoms with Gasteiger partial charge in [0.15, 0.2) is 0 Å². The lowest BCUT2D eigenvalue weighted by atomic mass is 10.9. The molecule has 0 heterocycles. The molecule has 1 nitrogen and oxygen atoms in total. The van der Waals surface area contributed by atoms with E-state index in [0.29, 0.717) is 4.83 Å². The van der Waals surface area contributed by atoms with Crippen molar-refractivity contribution in [2.24, 2.45) is 0 Å². The van der Waals surface area contributed by atoms with E-state index in [1.165, 1.54) is 0 Å². The molecule has 0 aromatic rings. The Balaban J connectivity index is 2.20. The maximum absolute atomic E-state index is 9.92. The molecule has 1 aliphatic rings. The Morgan fingerprint density at radius 3 is 2.00 bits per heavy atom. The lowest BCUT2D eigenvalue weighted by molar-refractivity contribution is 0.177. The van der Waals surface area contributed by atoms with Crippen LogP contribution in [0.3, 0.4) is 0 Å². The lowest BCUT2D eigenvalue weighted by Gasteiger charge is -1.61. The van der Waals surface area contributed by atoms with Gasteiger partial charge in [0.05, 0.1) is 0 Å². The molecule has 1 radical (unpaired) electrons. The minimum Gasteiger partial charge on any atom is -0.232 e. The summed E-state index contributed by atoms with van der Waals surface area (Å²) in [6.07, 6.45) is 0.551. The molecule has 1 fully saturated rings. The van der Waals surface area contributed by atoms with E-state index in [9.17, 15) is 5.11 Å². The van der Waals surface area contributed by atoms with Crippen LogP contribution in [-0.4, -0.2) is 10.9 Å². The van der Waals surface area contributed by atoms with Gasteiger partial charge in [-0.3, -0.25) is 0 Å². The Morgan fingerprint density at radius 2 is 2.00 bits per heavy atom. The summed E-state index contributed by atoms with van der Waals surface area (Å²) in [5, 5.41) is 9.92. The van der Waals surface area contributed by atoms with Gasteiger partial charge in [0.25, 0.3) is 0 Å².